The highest BCUT2D eigenvalue weighted by molar-refractivity contribution is 5.37. The molecule has 0 amide bonds. The van der Waals surface area contributed by atoms with E-state index in [4.69, 9.17) is 10.5 Å². The van der Waals surface area contributed by atoms with Crippen LogP contribution in [0, 0.1) is 0 Å². The molecular formula is C12H18N2O. The van der Waals surface area contributed by atoms with E-state index >= 15 is 0 Å². The Labute approximate surface area is 90.8 Å². The van der Waals surface area contributed by atoms with Crippen molar-refractivity contribution in [1.82, 2.24) is 4.90 Å². The molecule has 2 N–H and O–H groups in total. The SMILES string of the molecule is CN1Cc2ccc(OCCCN)cc2C1. The molecule has 2 rings (SSSR count). The van der Waals surface area contributed by atoms with E-state index in [2.05, 4.69) is 30.1 Å². The molecule has 0 radical (unpaired) electrons. The molecule has 0 fully saturated rings. The first-order chi connectivity index (χ1) is 7.29. The van der Waals surface area contributed by atoms with E-state index in [0.29, 0.717) is 13.2 Å². The quantitative estimate of drug-likeness (QED) is 0.756. The predicted octanol–water partition coefficient (Wildman–Crippen LogP) is 1.36. The molecule has 1 aromatic carbocycles. The summed E-state index contributed by atoms with van der Waals surface area (Å²) in [7, 11) is 2.13. The fraction of sp³-hybridized carbons (Fsp3) is 0.500. The summed E-state index contributed by atoms with van der Waals surface area (Å²) in [5, 5.41) is 0. The fourth-order valence-electron chi connectivity index (χ4n) is 1.90. The number of hydrogen-bond acceptors (Lipinski definition) is 3. The minimum absolute atomic E-state index is 0.688. The molecule has 1 aliphatic heterocycles. The average Bonchev–Trinajstić information content (AvgIpc) is 2.57. The Hall–Kier alpha value is -1.06. The Balaban J connectivity index is 2.00. The second-order valence-electron chi connectivity index (χ2n) is 4.09. The first kappa shape index (κ1) is 10.5. The molecule has 3 nitrogen and oxygen atoms in total. The topological polar surface area (TPSA) is 38.5 Å². The first-order valence-electron chi connectivity index (χ1n) is 5.43. The molecule has 0 bridgehead atoms. The van der Waals surface area contributed by atoms with Crippen LogP contribution >= 0.6 is 0 Å². The number of nitrogens with two attached hydrogens (primary N) is 1. The zero-order valence-electron chi connectivity index (χ0n) is 9.20. The molecule has 3 heteroatoms. The number of hydrogen-bond donors (Lipinski definition) is 1. The van der Waals surface area contributed by atoms with Gasteiger partial charge in [0.25, 0.3) is 0 Å². The molecule has 0 atom stereocenters. The van der Waals surface area contributed by atoms with Crippen molar-refractivity contribution in [3.63, 3.8) is 0 Å². The Morgan fingerprint density at radius 2 is 2.13 bits per heavy atom. The van der Waals surface area contributed by atoms with Gasteiger partial charge in [0.1, 0.15) is 5.75 Å². The van der Waals surface area contributed by atoms with Gasteiger partial charge in [-0.1, -0.05) is 6.07 Å². The van der Waals surface area contributed by atoms with E-state index in [1.165, 1.54) is 11.1 Å². The van der Waals surface area contributed by atoms with E-state index in [0.717, 1.165) is 25.3 Å². The van der Waals surface area contributed by atoms with Crippen LogP contribution in [-0.4, -0.2) is 25.1 Å². The van der Waals surface area contributed by atoms with Crippen molar-refractivity contribution in [2.24, 2.45) is 5.73 Å². The van der Waals surface area contributed by atoms with Crippen molar-refractivity contribution in [1.29, 1.82) is 0 Å². The van der Waals surface area contributed by atoms with E-state index in [9.17, 15) is 0 Å². The monoisotopic (exact) mass is 206 g/mol. The number of rotatable bonds is 4. The van der Waals surface area contributed by atoms with Gasteiger partial charge >= 0.3 is 0 Å². The highest BCUT2D eigenvalue weighted by Gasteiger charge is 2.15. The van der Waals surface area contributed by atoms with Gasteiger partial charge in [0.2, 0.25) is 0 Å². The molecule has 0 saturated heterocycles. The summed E-state index contributed by atoms with van der Waals surface area (Å²) < 4.78 is 5.61. The van der Waals surface area contributed by atoms with Gasteiger partial charge in [0, 0.05) is 13.1 Å². The molecule has 15 heavy (non-hydrogen) atoms. The van der Waals surface area contributed by atoms with Crippen LogP contribution in [0.15, 0.2) is 18.2 Å². The summed E-state index contributed by atoms with van der Waals surface area (Å²) in [5.74, 6) is 0.970. The maximum absolute atomic E-state index is 5.61. The lowest BCUT2D eigenvalue weighted by Crippen LogP contribution is -2.07. The van der Waals surface area contributed by atoms with Gasteiger partial charge in [-0.05, 0) is 43.3 Å². The van der Waals surface area contributed by atoms with E-state index in [1.807, 2.05) is 0 Å². The predicted molar refractivity (Wildman–Crippen MR) is 60.8 cm³/mol. The maximum Gasteiger partial charge on any atom is 0.119 e. The van der Waals surface area contributed by atoms with Crippen LogP contribution < -0.4 is 10.5 Å². The zero-order valence-corrected chi connectivity index (χ0v) is 9.20. The molecule has 0 spiro atoms. The number of ether oxygens (including phenoxy) is 1. The van der Waals surface area contributed by atoms with Gasteiger partial charge in [-0.15, -0.1) is 0 Å². The minimum atomic E-state index is 0.688. The average molecular weight is 206 g/mol. The van der Waals surface area contributed by atoms with E-state index in [-0.39, 0.29) is 0 Å². The summed E-state index contributed by atoms with van der Waals surface area (Å²) >= 11 is 0. The Bertz CT molecular complexity index is 338. The summed E-state index contributed by atoms with van der Waals surface area (Å²) in [4.78, 5) is 2.30. The smallest absolute Gasteiger partial charge is 0.119 e. The largest absolute Gasteiger partial charge is 0.494 e. The van der Waals surface area contributed by atoms with Crippen LogP contribution in [0.3, 0.4) is 0 Å². The van der Waals surface area contributed by atoms with Crippen LogP contribution in [0.5, 0.6) is 5.75 Å². The second kappa shape index (κ2) is 4.64. The molecular weight excluding hydrogens is 188 g/mol. The number of benzene rings is 1. The molecule has 1 aliphatic rings. The Morgan fingerprint density at radius 1 is 1.33 bits per heavy atom. The zero-order chi connectivity index (χ0) is 10.7. The van der Waals surface area contributed by atoms with E-state index < -0.39 is 0 Å². The van der Waals surface area contributed by atoms with Crippen molar-refractivity contribution in [3.8, 4) is 5.75 Å². The van der Waals surface area contributed by atoms with Gasteiger partial charge < -0.3 is 10.5 Å². The normalized spacial score (nSPS) is 15.3. The van der Waals surface area contributed by atoms with Crippen molar-refractivity contribution in [3.05, 3.63) is 29.3 Å². The van der Waals surface area contributed by atoms with Gasteiger partial charge in [-0.25, -0.2) is 0 Å². The second-order valence-corrected chi connectivity index (χ2v) is 4.09. The van der Waals surface area contributed by atoms with Crippen LogP contribution in [0.4, 0.5) is 0 Å². The third-order valence-electron chi connectivity index (χ3n) is 2.68. The van der Waals surface area contributed by atoms with Crippen molar-refractivity contribution in [2.45, 2.75) is 19.5 Å². The van der Waals surface area contributed by atoms with Crippen molar-refractivity contribution in [2.75, 3.05) is 20.2 Å². The van der Waals surface area contributed by atoms with Gasteiger partial charge in [-0.2, -0.15) is 0 Å². The highest BCUT2D eigenvalue weighted by atomic mass is 16.5. The third kappa shape index (κ3) is 2.49. The molecule has 1 heterocycles. The van der Waals surface area contributed by atoms with Crippen LogP contribution in [0.1, 0.15) is 17.5 Å². The van der Waals surface area contributed by atoms with Crippen LogP contribution in [0.2, 0.25) is 0 Å². The lowest BCUT2D eigenvalue weighted by atomic mass is 10.1. The summed E-state index contributed by atoms with van der Waals surface area (Å²) in [6.07, 6.45) is 0.914. The third-order valence-corrected chi connectivity index (χ3v) is 2.68. The summed E-state index contributed by atoms with van der Waals surface area (Å²) in [6.45, 7) is 3.49. The molecule has 0 saturated carbocycles. The first-order valence-corrected chi connectivity index (χ1v) is 5.43. The molecule has 1 aromatic rings. The standard InChI is InChI=1S/C12H18N2O/c1-14-8-10-3-4-12(7-11(10)9-14)15-6-2-5-13/h3-4,7H,2,5-6,8-9,13H2,1H3. The van der Waals surface area contributed by atoms with Crippen molar-refractivity contribution >= 4 is 0 Å². The number of fused-ring (bicyclic) bond motifs is 1. The van der Waals surface area contributed by atoms with Gasteiger partial charge in [-0.3, -0.25) is 4.90 Å². The van der Waals surface area contributed by atoms with Crippen molar-refractivity contribution < 1.29 is 4.74 Å². The lowest BCUT2D eigenvalue weighted by Gasteiger charge is -2.06. The Morgan fingerprint density at radius 3 is 2.93 bits per heavy atom. The Kier molecular flexibility index (Phi) is 3.23. The van der Waals surface area contributed by atoms with Gasteiger partial charge in [0.05, 0.1) is 6.61 Å². The maximum atomic E-state index is 5.61. The minimum Gasteiger partial charge on any atom is -0.494 e. The fourth-order valence-corrected chi connectivity index (χ4v) is 1.90. The highest BCUT2D eigenvalue weighted by Crippen LogP contribution is 2.25. The summed E-state index contributed by atoms with van der Waals surface area (Å²) in [5.41, 5.74) is 8.23. The number of nitrogens with zero attached hydrogens (tertiary/aromatic N) is 1. The molecule has 0 aromatic heterocycles. The van der Waals surface area contributed by atoms with Gasteiger partial charge in [0.15, 0.2) is 0 Å². The lowest BCUT2D eigenvalue weighted by molar-refractivity contribution is 0.313. The van der Waals surface area contributed by atoms with Crippen LogP contribution in [0.25, 0.3) is 0 Å². The molecule has 0 unspecified atom stereocenters. The summed E-state index contributed by atoms with van der Waals surface area (Å²) in [6, 6.07) is 6.36. The molecule has 82 valence electrons. The van der Waals surface area contributed by atoms with Crippen LogP contribution in [-0.2, 0) is 13.1 Å². The van der Waals surface area contributed by atoms with E-state index in [1.54, 1.807) is 0 Å². The molecule has 0 aliphatic carbocycles.